The van der Waals surface area contributed by atoms with Crippen LogP contribution in [0.4, 0.5) is 5.69 Å². The van der Waals surface area contributed by atoms with Gasteiger partial charge in [-0.05, 0) is 30.0 Å². The summed E-state index contributed by atoms with van der Waals surface area (Å²) in [6.45, 7) is 9.00. The van der Waals surface area contributed by atoms with Crippen molar-refractivity contribution < 1.29 is 18.3 Å². The fraction of sp³-hybridized carbons (Fsp3) is 0.625. The van der Waals surface area contributed by atoms with Gasteiger partial charge in [-0.3, -0.25) is 4.72 Å². The summed E-state index contributed by atoms with van der Waals surface area (Å²) in [7, 11) is -3.81. The van der Waals surface area contributed by atoms with E-state index >= 15 is 0 Å². The van der Waals surface area contributed by atoms with Gasteiger partial charge in [-0.25, -0.2) is 8.42 Å². The van der Waals surface area contributed by atoms with Crippen LogP contribution in [-0.4, -0.2) is 20.1 Å². The lowest BCUT2D eigenvalue weighted by Gasteiger charge is -2.24. The molecule has 0 aliphatic rings. The number of phenolic OH excluding ortho intramolecular Hbond substituents is 1. The Labute approximate surface area is 232 Å². The minimum absolute atomic E-state index is 0.145. The maximum atomic E-state index is 12.8. The van der Waals surface area contributed by atoms with Gasteiger partial charge in [0.25, 0.3) is 10.0 Å². The van der Waals surface area contributed by atoms with Crippen molar-refractivity contribution >= 4 is 15.7 Å². The first-order valence-electron chi connectivity index (χ1n) is 14.7. The first kappa shape index (κ1) is 32.0. The second-order valence-corrected chi connectivity index (χ2v) is 13.2. The van der Waals surface area contributed by atoms with E-state index in [1.54, 1.807) is 24.3 Å². The highest BCUT2D eigenvalue weighted by molar-refractivity contribution is 7.92. The lowest BCUT2D eigenvalue weighted by Crippen LogP contribution is -2.17. The summed E-state index contributed by atoms with van der Waals surface area (Å²) >= 11 is 0. The van der Waals surface area contributed by atoms with Crippen LogP contribution in [0.5, 0.6) is 11.5 Å². The second kappa shape index (κ2) is 16.7. The van der Waals surface area contributed by atoms with E-state index in [0.717, 1.165) is 18.4 Å². The molecule has 0 bridgehead atoms. The largest absolute Gasteiger partial charge is 0.506 e. The zero-order valence-corrected chi connectivity index (χ0v) is 25.0. The van der Waals surface area contributed by atoms with Crippen LogP contribution in [0, 0.1) is 0 Å². The molecule has 0 saturated heterocycles. The maximum absolute atomic E-state index is 12.8. The van der Waals surface area contributed by atoms with Crippen molar-refractivity contribution in [2.75, 3.05) is 11.3 Å². The van der Waals surface area contributed by atoms with Crippen molar-refractivity contribution in [3.05, 3.63) is 48.0 Å². The number of aromatic hydroxyl groups is 1. The fourth-order valence-electron chi connectivity index (χ4n) is 4.64. The fourth-order valence-corrected chi connectivity index (χ4v) is 5.72. The van der Waals surface area contributed by atoms with Gasteiger partial charge in [0.05, 0.1) is 17.2 Å². The molecule has 0 fully saturated rings. The lowest BCUT2D eigenvalue weighted by atomic mass is 9.86. The molecule has 5 nitrogen and oxygen atoms in total. The van der Waals surface area contributed by atoms with Gasteiger partial charge in [0.1, 0.15) is 11.5 Å². The van der Waals surface area contributed by atoms with Crippen LogP contribution in [0.1, 0.15) is 123 Å². The predicted octanol–water partition coefficient (Wildman–Crippen LogP) is 9.35. The summed E-state index contributed by atoms with van der Waals surface area (Å²) in [6, 6.07) is 11.4. The van der Waals surface area contributed by atoms with Crippen molar-refractivity contribution in [1.29, 1.82) is 0 Å². The van der Waals surface area contributed by atoms with Crippen LogP contribution in [0.3, 0.4) is 0 Å². The molecule has 2 aromatic rings. The van der Waals surface area contributed by atoms with Crippen LogP contribution >= 0.6 is 0 Å². The molecular weight excluding hydrogens is 494 g/mol. The Balaban J connectivity index is 1.75. The molecule has 0 radical (unpaired) electrons. The van der Waals surface area contributed by atoms with E-state index in [-0.39, 0.29) is 21.7 Å². The van der Waals surface area contributed by atoms with Gasteiger partial charge in [-0.1, -0.05) is 129 Å². The molecule has 0 saturated carbocycles. The average molecular weight is 546 g/mol. The number of unbranched alkanes of at least 4 members (excludes halogenated alkanes) is 13. The Morgan fingerprint density at radius 1 is 0.763 bits per heavy atom. The zero-order valence-electron chi connectivity index (χ0n) is 24.2. The number of benzene rings is 2. The van der Waals surface area contributed by atoms with E-state index < -0.39 is 10.0 Å². The third-order valence-electron chi connectivity index (χ3n) is 6.96. The minimum Gasteiger partial charge on any atom is -0.506 e. The van der Waals surface area contributed by atoms with Crippen molar-refractivity contribution in [2.24, 2.45) is 0 Å². The first-order valence-corrected chi connectivity index (χ1v) is 16.2. The SMILES string of the molecule is CCCCCCCCCCCCCCCCOc1cc(O)c(NS(=O)(=O)c2ccccc2)cc1C(C)(C)C. The molecule has 0 amide bonds. The topological polar surface area (TPSA) is 75.6 Å². The molecule has 0 heterocycles. The van der Waals surface area contributed by atoms with Gasteiger partial charge < -0.3 is 9.84 Å². The van der Waals surface area contributed by atoms with Gasteiger partial charge in [-0.2, -0.15) is 0 Å². The molecule has 0 atom stereocenters. The smallest absolute Gasteiger partial charge is 0.262 e. The number of anilines is 1. The molecular formula is C32H51NO4S. The third kappa shape index (κ3) is 11.7. The molecule has 0 aliphatic heterocycles. The highest BCUT2D eigenvalue weighted by Gasteiger charge is 2.24. The minimum atomic E-state index is -3.81. The standard InChI is InChI=1S/C32H51NO4S/c1-5-6-7-8-9-10-11-12-13-14-15-16-17-21-24-37-31-26-30(34)29(25-28(31)32(2,3)4)33-38(35,36)27-22-19-18-20-23-27/h18-20,22-23,25-26,33-34H,5-17,21,24H2,1-4H3. The van der Waals surface area contributed by atoms with Crippen LogP contribution < -0.4 is 9.46 Å². The van der Waals surface area contributed by atoms with E-state index in [4.69, 9.17) is 4.74 Å². The monoisotopic (exact) mass is 545 g/mol. The van der Waals surface area contributed by atoms with E-state index in [2.05, 4.69) is 11.6 Å². The Hall–Kier alpha value is -2.21. The van der Waals surface area contributed by atoms with Crippen molar-refractivity contribution in [3.63, 3.8) is 0 Å². The summed E-state index contributed by atoms with van der Waals surface area (Å²) in [5.41, 5.74) is 0.722. The number of ether oxygens (including phenoxy) is 1. The van der Waals surface area contributed by atoms with Gasteiger partial charge >= 0.3 is 0 Å². The maximum Gasteiger partial charge on any atom is 0.262 e. The zero-order chi connectivity index (χ0) is 27.9. The Kier molecular flexibility index (Phi) is 14.1. The molecule has 6 heteroatoms. The van der Waals surface area contributed by atoms with Gasteiger partial charge in [0, 0.05) is 11.6 Å². The molecule has 214 valence electrons. The summed E-state index contributed by atoms with van der Waals surface area (Å²) in [6.07, 6.45) is 18.3. The van der Waals surface area contributed by atoms with Crippen molar-refractivity contribution in [3.8, 4) is 11.5 Å². The number of rotatable bonds is 19. The molecule has 38 heavy (non-hydrogen) atoms. The van der Waals surface area contributed by atoms with Gasteiger partial charge in [0.15, 0.2) is 0 Å². The lowest BCUT2D eigenvalue weighted by molar-refractivity contribution is 0.295. The molecule has 2 aromatic carbocycles. The van der Waals surface area contributed by atoms with Crippen LogP contribution in [0.25, 0.3) is 0 Å². The van der Waals surface area contributed by atoms with E-state index in [9.17, 15) is 13.5 Å². The Morgan fingerprint density at radius 3 is 1.76 bits per heavy atom. The summed E-state index contributed by atoms with van der Waals surface area (Å²) in [5.74, 6) is 0.459. The molecule has 0 aliphatic carbocycles. The quantitative estimate of drug-likeness (QED) is 0.136. The number of nitrogens with one attached hydrogen (secondary N) is 1. The molecule has 2 rings (SSSR count). The first-order chi connectivity index (χ1) is 18.1. The number of phenols is 1. The van der Waals surface area contributed by atoms with Crippen molar-refractivity contribution in [1.82, 2.24) is 0 Å². The Morgan fingerprint density at radius 2 is 1.26 bits per heavy atom. The summed E-state index contributed by atoms with van der Waals surface area (Å²) in [4.78, 5) is 0.148. The number of sulfonamides is 1. The summed E-state index contributed by atoms with van der Waals surface area (Å²) in [5, 5.41) is 10.6. The average Bonchev–Trinajstić information content (AvgIpc) is 2.87. The highest BCUT2D eigenvalue weighted by Crippen LogP contribution is 2.39. The van der Waals surface area contributed by atoms with Gasteiger partial charge in [0.2, 0.25) is 0 Å². The van der Waals surface area contributed by atoms with Crippen LogP contribution in [0.2, 0.25) is 0 Å². The third-order valence-corrected chi connectivity index (χ3v) is 8.34. The number of hydrogen-bond donors (Lipinski definition) is 2. The van der Waals surface area contributed by atoms with E-state index in [0.29, 0.717) is 12.4 Å². The Bertz CT molecular complexity index is 1030. The highest BCUT2D eigenvalue weighted by atomic mass is 32.2. The second-order valence-electron chi connectivity index (χ2n) is 11.5. The van der Waals surface area contributed by atoms with Crippen molar-refractivity contribution in [2.45, 2.75) is 128 Å². The predicted molar refractivity (Wildman–Crippen MR) is 160 cm³/mol. The molecule has 0 unspecified atom stereocenters. The molecule has 0 aromatic heterocycles. The van der Waals surface area contributed by atoms with Crippen LogP contribution in [0.15, 0.2) is 47.4 Å². The van der Waals surface area contributed by atoms with Crippen LogP contribution in [-0.2, 0) is 15.4 Å². The summed E-state index contributed by atoms with van der Waals surface area (Å²) < 4.78 is 34.2. The number of hydrogen-bond acceptors (Lipinski definition) is 4. The van der Waals surface area contributed by atoms with E-state index in [1.807, 2.05) is 20.8 Å². The normalized spacial score (nSPS) is 12.0. The van der Waals surface area contributed by atoms with E-state index in [1.165, 1.54) is 95.2 Å². The molecule has 0 spiro atoms. The molecule has 2 N–H and O–H groups in total. The van der Waals surface area contributed by atoms with Gasteiger partial charge in [-0.15, -0.1) is 0 Å².